The van der Waals surface area contributed by atoms with E-state index in [1.165, 1.54) is 5.56 Å². The van der Waals surface area contributed by atoms with Crippen LogP contribution < -0.4 is 11.1 Å². The van der Waals surface area contributed by atoms with Crippen LogP contribution >= 0.6 is 24.2 Å². The van der Waals surface area contributed by atoms with E-state index in [0.29, 0.717) is 24.3 Å². The molecule has 1 heterocycles. The van der Waals surface area contributed by atoms with E-state index in [4.69, 9.17) is 22.1 Å². The molecule has 0 aliphatic carbocycles. The standard InChI is InChI=1S/C26H33ClN4O4S/c1-2-35-26(34)22(28)17-23(36)24(32)29-21-9-5-19(6-10-21)25(33)31-15-13-30(14-16-31)12-11-18-3-7-20(27)8-4-18/h3-10,22-23,36H,2,11-17,28H2,1H3,(H,29,32)/t22?,23-/m1/s1. The molecule has 0 saturated carbocycles. The molecule has 0 bridgehead atoms. The maximum absolute atomic E-state index is 12.9. The normalized spacial score (nSPS) is 15.7. The lowest BCUT2D eigenvalue weighted by Gasteiger charge is -2.34. The van der Waals surface area contributed by atoms with E-state index in [0.717, 1.165) is 31.1 Å². The van der Waals surface area contributed by atoms with Crippen LogP contribution in [0, 0.1) is 0 Å². The van der Waals surface area contributed by atoms with Crippen molar-refractivity contribution in [2.75, 3.05) is 44.6 Å². The molecule has 2 aromatic carbocycles. The number of halogens is 1. The number of carbonyl (C=O) groups is 3. The fraction of sp³-hybridized carbons (Fsp3) is 0.423. The first-order valence-corrected chi connectivity index (χ1v) is 12.9. The van der Waals surface area contributed by atoms with Gasteiger partial charge in [-0.05, 0) is 61.7 Å². The van der Waals surface area contributed by atoms with Gasteiger partial charge in [-0.15, -0.1) is 0 Å². The fourth-order valence-corrected chi connectivity index (χ4v) is 4.33. The third-order valence-corrected chi connectivity index (χ3v) is 6.76. The van der Waals surface area contributed by atoms with Gasteiger partial charge >= 0.3 is 5.97 Å². The molecule has 1 saturated heterocycles. The van der Waals surface area contributed by atoms with Gasteiger partial charge in [0.2, 0.25) is 5.91 Å². The summed E-state index contributed by atoms with van der Waals surface area (Å²) in [6, 6.07) is 13.7. The van der Waals surface area contributed by atoms with Crippen molar-refractivity contribution in [2.24, 2.45) is 5.73 Å². The molecule has 3 N–H and O–H groups in total. The van der Waals surface area contributed by atoms with Crippen LogP contribution in [0.4, 0.5) is 5.69 Å². The van der Waals surface area contributed by atoms with Gasteiger partial charge < -0.3 is 20.7 Å². The molecule has 2 atom stereocenters. The zero-order valence-electron chi connectivity index (χ0n) is 20.4. The monoisotopic (exact) mass is 532 g/mol. The fourth-order valence-electron chi connectivity index (χ4n) is 3.91. The summed E-state index contributed by atoms with van der Waals surface area (Å²) in [6.07, 6.45) is 0.996. The number of esters is 1. The molecule has 0 radical (unpaired) electrons. The number of amides is 2. The largest absolute Gasteiger partial charge is 0.465 e. The van der Waals surface area contributed by atoms with Crippen molar-refractivity contribution in [1.82, 2.24) is 9.80 Å². The number of hydrogen-bond acceptors (Lipinski definition) is 7. The molecular formula is C26H33ClN4O4S. The van der Waals surface area contributed by atoms with Crippen LogP contribution in [0.2, 0.25) is 5.02 Å². The number of nitrogens with two attached hydrogens (primary N) is 1. The predicted molar refractivity (Wildman–Crippen MR) is 145 cm³/mol. The summed E-state index contributed by atoms with van der Waals surface area (Å²) in [4.78, 5) is 41.2. The van der Waals surface area contributed by atoms with Crippen LogP contribution in [0.3, 0.4) is 0 Å². The molecule has 2 aromatic rings. The summed E-state index contributed by atoms with van der Waals surface area (Å²) in [5.74, 6) is -0.973. The minimum absolute atomic E-state index is 0.0299. The summed E-state index contributed by atoms with van der Waals surface area (Å²) in [5.41, 5.74) is 8.11. The van der Waals surface area contributed by atoms with Gasteiger partial charge in [0, 0.05) is 49.0 Å². The highest BCUT2D eigenvalue weighted by atomic mass is 35.5. The number of hydrogen-bond donors (Lipinski definition) is 3. The van der Waals surface area contributed by atoms with Crippen molar-refractivity contribution < 1.29 is 19.1 Å². The van der Waals surface area contributed by atoms with Crippen molar-refractivity contribution >= 4 is 47.7 Å². The number of carbonyl (C=O) groups excluding carboxylic acids is 3. The quantitative estimate of drug-likeness (QED) is 0.321. The Bertz CT molecular complexity index is 1030. The molecule has 0 aromatic heterocycles. The topological polar surface area (TPSA) is 105 Å². The lowest BCUT2D eigenvalue weighted by atomic mass is 10.1. The Morgan fingerprint density at radius 3 is 2.31 bits per heavy atom. The first kappa shape index (κ1) is 28.0. The third-order valence-electron chi connectivity index (χ3n) is 6.06. The van der Waals surface area contributed by atoms with Gasteiger partial charge in [-0.1, -0.05) is 23.7 Å². The molecular weight excluding hydrogens is 500 g/mol. The SMILES string of the molecule is CCOC(=O)C(N)C[C@@H](S)C(=O)Nc1ccc(C(=O)N2CCN(CCc3ccc(Cl)cc3)CC2)cc1. The maximum Gasteiger partial charge on any atom is 0.322 e. The molecule has 194 valence electrons. The first-order valence-electron chi connectivity index (χ1n) is 12.0. The van der Waals surface area contributed by atoms with Gasteiger partial charge in [-0.25, -0.2) is 0 Å². The van der Waals surface area contributed by atoms with E-state index in [-0.39, 0.29) is 24.8 Å². The van der Waals surface area contributed by atoms with Gasteiger partial charge in [-0.2, -0.15) is 12.6 Å². The summed E-state index contributed by atoms with van der Waals surface area (Å²) < 4.78 is 4.86. The summed E-state index contributed by atoms with van der Waals surface area (Å²) in [5, 5.41) is 2.70. The lowest BCUT2D eigenvalue weighted by Crippen LogP contribution is -2.49. The number of thiol groups is 1. The van der Waals surface area contributed by atoms with Gasteiger partial charge in [-0.3, -0.25) is 19.3 Å². The second kappa shape index (κ2) is 13.6. The molecule has 1 fully saturated rings. The molecule has 1 aliphatic rings. The van der Waals surface area contributed by atoms with Crippen molar-refractivity contribution in [3.05, 3.63) is 64.7 Å². The van der Waals surface area contributed by atoms with Crippen molar-refractivity contribution in [1.29, 1.82) is 0 Å². The predicted octanol–water partition coefficient (Wildman–Crippen LogP) is 2.86. The van der Waals surface area contributed by atoms with Crippen LogP contribution in [-0.2, 0) is 20.7 Å². The Labute approximate surface area is 222 Å². The van der Waals surface area contributed by atoms with E-state index in [1.807, 2.05) is 29.2 Å². The number of nitrogens with zero attached hydrogens (tertiary/aromatic N) is 2. The molecule has 8 nitrogen and oxygen atoms in total. The Morgan fingerprint density at radius 2 is 1.69 bits per heavy atom. The van der Waals surface area contributed by atoms with E-state index in [1.54, 1.807) is 31.2 Å². The highest BCUT2D eigenvalue weighted by Crippen LogP contribution is 2.16. The number of ether oxygens (including phenoxy) is 1. The minimum Gasteiger partial charge on any atom is -0.465 e. The molecule has 1 unspecified atom stereocenters. The number of anilines is 1. The second-order valence-corrected chi connectivity index (χ2v) is 9.75. The van der Waals surface area contributed by atoms with Crippen LogP contribution in [0.5, 0.6) is 0 Å². The zero-order valence-corrected chi connectivity index (χ0v) is 22.0. The number of nitrogens with one attached hydrogen (secondary N) is 1. The molecule has 0 spiro atoms. The van der Waals surface area contributed by atoms with E-state index < -0.39 is 17.3 Å². The van der Waals surface area contributed by atoms with E-state index in [9.17, 15) is 14.4 Å². The Balaban J connectivity index is 1.43. The molecule has 36 heavy (non-hydrogen) atoms. The van der Waals surface area contributed by atoms with Crippen LogP contribution in [0.1, 0.15) is 29.3 Å². The molecule has 1 aliphatic heterocycles. The lowest BCUT2D eigenvalue weighted by molar-refractivity contribution is -0.144. The minimum atomic E-state index is -0.920. The van der Waals surface area contributed by atoms with Crippen LogP contribution in [0.25, 0.3) is 0 Å². The van der Waals surface area contributed by atoms with Gasteiger partial charge in [0.1, 0.15) is 6.04 Å². The highest BCUT2D eigenvalue weighted by Gasteiger charge is 2.24. The summed E-state index contributed by atoms with van der Waals surface area (Å²) >= 11 is 10.2. The third kappa shape index (κ3) is 8.23. The smallest absolute Gasteiger partial charge is 0.322 e. The summed E-state index contributed by atoms with van der Waals surface area (Å²) in [6.45, 7) is 5.83. The maximum atomic E-state index is 12.9. The van der Waals surface area contributed by atoms with Gasteiger partial charge in [0.25, 0.3) is 5.91 Å². The first-order chi connectivity index (χ1) is 17.3. The summed E-state index contributed by atoms with van der Waals surface area (Å²) in [7, 11) is 0. The van der Waals surface area contributed by atoms with Crippen LogP contribution in [-0.4, -0.2) is 78.2 Å². The van der Waals surface area contributed by atoms with E-state index in [2.05, 4.69) is 22.8 Å². The second-order valence-electron chi connectivity index (χ2n) is 8.69. The molecule has 3 rings (SSSR count). The zero-order chi connectivity index (χ0) is 26.1. The van der Waals surface area contributed by atoms with Gasteiger partial charge in [0.15, 0.2) is 0 Å². The molecule has 2 amide bonds. The average molecular weight is 533 g/mol. The Hall–Kier alpha value is -2.59. The molecule has 10 heteroatoms. The van der Waals surface area contributed by atoms with Crippen molar-refractivity contribution in [3.8, 4) is 0 Å². The number of rotatable bonds is 10. The Morgan fingerprint density at radius 1 is 1.06 bits per heavy atom. The average Bonchev–Trinajstić information content (AvgIpc) is 2.88. The van der Waals surface area contributed by atoms with Crippen molar-refractivity contribution in [2.45, 2.75) is 31.1 Å². The highest BCUT2D eigenvalue weighted by molar-refractivity contribution is 7.81. The van der Waals surface area contributed by atoms with Crippen molar-refractivity contribution in [3.63, 3.8) is 0 Å². The van der Waals surface area contributed by atoms with E-state index >= 15 is 0 Å². The van der Waals surface area contributed by atoms with Gasteiger partial charge in [0.05, 0.1) is 11.9 Å². The Kier molecular flexibility index (Phi) is 10.6. The number of benzene rings is 2. The number of piperazine rings is 1. The van der Waals surface area contributed by atoms with Crippen LogP contribution in [0.15, 0.2) is 48.5 Å².